The van der Waals surface area contributed by atoms with E-state index in [1.807, 2.05) is 13.8 Å². The predicted molar refractivity (Wildman–Crippen MR) is 68.6 cm³/mol. The molecule has 0 saturated heterocycles. The first-order valence-corrected chi connectivity index (χ1v) is 4.95. The van der Waals surface area contributed by atoms with Crippen LogP contribution in [0.4, 0.5) is 0 Å². The summed E-state index contributed by atoms with van der Waals surface area (Å²) in [5.74, 6) is -0.210. The van der Waals surface area contributed by atoms with E-state index in [9.17, 15) is 0 Å². The van der Waals surface area contributed by atoms with Crippen LogP contribution in [-0.4, -0.2) is 33.1 Å². The zero-order valence-corrected chi connectivity index (χ0v) is 10.7. The van der Waals surface area contributed by atoms with E-state index in [1.165, 1.54) is 12.1 Å². The summed E-state index contributed by atoms with van der Waals surface area (Å²) in [6.07, 6.45) is 0. The maximum atomic E-state index is 8.69. The molecule has 0 aromatic heterocycles. The fourth-order valence-corrected chi connectivity index (χ4v) is 0.723. The lowest BCUT2D eigenvalue weighted by molar-refractivity contribution is 0.238. The van der Waals surface area contributed by atoms with E-state index in [1.54, 1.807) is 0 Å². The molecule has 0 saturated carbocycles. The van der Waals surface area contributed by atoms with E-state index in [-0.39, 0.29) is 42.3 Å². The molecule has 0 aliphatic heterocycles. The summed E-state index contributed by atoms with van der Waals surface area (Å²) < 4.78 is 0. The number of halogens is 1. The summed E-state index contributed by atoms with van der Waals surface area (Å²) in [5, 5.41) is 34.4. The monoisotopic (exact) mass is 265 g/mol. The van der Waals surface area contributed by atoms with Crippen LogP contribution in [0.2, 0.25) is 0 Å². The van der Waals surface area contributed by atoms with Crippen LogP contribution < -0.4 is 5.73 Å². The third-order valence-corrected chi connectivity index (χ3v) is 2.03. The molecule has 17 heavy (non-hydrogen) atoms. The van der Waals surface area contributed by atoms with E-state index >= 15 is 0 Å². The van der Waals surface area contributed by atoms with Crippen molar-refractivity contribution >= 4 is 12.4 Å². The largest absolute Gasteiger partial charge is 0.508 e. The highest BCUT2D eigenvalue weighted by Crippen LogP contribution is 2.27. The van der Waals surface area contributed by atoms with Crippen molar-refractivity contribution in [2.75, 3.05) is 6.61 Å². The Hall–Kier alpha value is -1.17. The van der Waals surface area contributed by atoms with Gasteiger partial charge in [-0.25, -0.2) is 0 Å². The second-order valence-corrected chi connectivity index (χ2v) is 3.76. The highest BCUT2D eigenvalue weighted by molar-refractivity contribution is 5.85. The predicted octanol–water partition coefficient (Wildman–Crippen LogP) is 1.19. The Balaban J connectivity index is 0. The number of phenols is 3. The van der Waals surface area contributed by atoms with E-state index in [4.69, 9.17) is 26.2 Å². The molecule has 1 aromatic carbocycles. The summed E-state index contributed by atoms with van der Waals surface area (Å²) in [4.78, 5) is 0. The van der Waals surface area contributed by atoms with Crippen molar-refractivity contribution in [3.05, 3.63) is 18.2 Å². The van der Waals surface area contributed by atoms with E-state index in [2.05, 4.69) is 0 Å². The highest BCUT2D eigenvalue weighted by atomic mass is 35.5. The first-order valence-electron chi connectivity index (χ1n) is 4.95. The number of aromatic hydroxyl groups is 3. The first-order chi connectivity index (χ1) is 7.38. The van der Waals surface area contributed by atoms with Gasteiger partial charge in [0.15, 0.2) is 11.5 Å². The second-order valence-electron chi connectivity index (χ2n) is 3.76. The van der Waals surface area contributed by atoms with Gasteiger partial charge >= 0.3 is 0 Å². The van der Waals surface area contributed by atoms with Crippen LogP contribution in [0.5, 0.6) is 17.2 Å². The maximum Gasteiger partial charge on any atom is 0.161 e. The molecule has 1 atom stereocenters. The van der Waals surface area contributed by atoms with Crippen LogP contribution in [0.15, 0.2) is 18.2 Å². The average molecular weight is 266 g/mol. The van der Waals surface area contributed by atoms with Crippen LogP contribution in [0.3, 0.4) is 0 Å². The number of rotatable bonds is 2. The molecule has 0 amide bonds. The molecule has 6 N–H and O–H groups in total. The minimum absolute atomic E-state index is 0. The number of phenolic OH excluding ortho intramolecular Hbond substituents is 3. The zero-order chi connectivity index (χ0) is 12.7. The van der Waals surface area contributed by atoms with Crippen molar-refractivity contribution in [3.63, 3.8) is 0 Å². The molecule has 0 bridgehead atoms. The summed E-state index contributed by atoms with van der Waals surface area (Å²) in [5.41, 5.74) is 5.37. The van der Waals surface area contributed by atoms with Gasteiger partial charge in [-0.3, -0.25) is 0 Å². The minimum atomic E-state index is -0.310. The fraction of sp³-hybridized carbons (Fsp3) is 0.455. The molecule has 5 nitrogen and oxygen atoms in total. The SMILES string of the molecule is CC(C)C(N)CO.Cl.Oc1ccc(O)c(O)c1. The summed E-state index contributed by atoms with van der Waals surface area (Å²) in [6.45, 7) is 4.07. The van der Waals surface area contributed by atoms with Crippen LogP contribution in [0.25, 0.3) is 0 Å². The molecule has 1 rings (SSSR count). The number of hydrogen-bond acceptors (Lipinski definition) is 5. The molecule has 0 heterocycles. The Morgan fingerprint density at radius 2 is 1.65 bits per heavy atom. The third-order valence-electron chi connectivity index (χ3n) is 2.03. The number of nitrogens with two attached hydrogens (primary N) is 1. The van der Waals surface area contributed by atoms with E-state index < -0.39 is 0 Å². The molecular weight excluding hydrogens is 246 g/mol. The van der Waals surface area contributed by atoms with Gasteiger partial charge in [-0.2, -0.15) is 0 Å². The van der Waals surface area contributed by atoms with Gasteiger partial charge in [-0.05, 0) is 18.1 Å². The van der Waals surface area contributed by atoms with Crippen molar-refractivity contribution in [1.29, 1.82) is 0 Å². The number of hydrogen-bond donors (Lipinski definition) is 5. The lowest BCUT2D eigenvalue weighted by Gasteiger charge is -2.10. The van der Waals surface area contributed by atoms with Crippen molar-refractivity contribution in [3.8, 4) is 17.2 Å². The minimum Gasteiger partial charge on any atom is -0.508 e. The second kappa shape index (κ2) is 8.92. The zero-order valence-electron chi connectivity index (χ0n) is 9.87. The maximum absolute atomic E-state index is 8.69. The molecule has 0 fully saturated rings. The van der Waals surface area contributed by atoms with E-state index in [0.717, 1.165) is 6.07 Å². The lowest BCUT2D eigenvalue weighted by atomic mass is 10.1. The Labute approximate surface area is 107 Å². The molecule has 0 aliphatic carbocycles. The van der Waals surface area contributed by atoms with Crippen LogP contribution in [0.1, 0.15) is 13.8 Å². The third kappa shape index (κ3) is 7.68. The Morgan fingerprint density at radius 1 is 1.12 bits per heavy atom. The molecule has 1 aromatic rings. The number of aliphatic hydroxyl groups is 1. The molecule has 0 radical (unpaired) electrons. The van der Waals surface area contributed by atoms with Gasteiger partial charge in [0.2, 0.25) is 0 Å². The molecule has 1 unspecified atom stereocenters. The lowest BCUT2D eigenvalue weighted by Crippen LogP contribution is -2.29. The Bertz CT molecular complexity index is 320. The fourth-order valence-electron chi connectivity index (χ4n) is 0.723. The van der Waals surface area contributed by atoms with Gasteiger partial charge in [0.05, 0.1) is 6.61 Å². The first kappa shape index (κ1) is 18.2. The summed E-state index contributed by atoms with van der Waals surface area (Å²) >= 11 is 0. The topological polar surface area (TPSA) is 107 Å². The molecular formula is C11H20ClNO4. The normalized spacial score (nSPS) is 11.1. The van der Waals surface area contributed by atoms with Crippen molar-refractivity contribution in [2.24, 2.45) is 11.7 Å². The van der Waals surface area contributed by atoms with Gasteiger partial charge in [0.25, 0.3) is 0 Å². The van der Waals surface area contributed by atoms with Crippen molar-refractivity contribution < 1.29 is 20.4 Å². The van der Waals surface area contributed by atoms with Gasteiger partial charge in [0.1, 0.15) is 5.75 Å². The Morgan fingerprint density at radius 3 is 1.88 bits per heavy atom. The number of benzene rings is 1. The van der Waals surface area contributed by atoms with Crippen molar-refractivity contribution in [1.82, 2.24) is 0 Å². The van der Waals surface area contributed by atoms with Crippen LogP contribution in [0, 0.1) is 5.92 Å². The summed E-state index contributed by atoms with van der Waals surface area (Å²) in [7, 11) is 0. The van der Waals surface area contributed by atoms with Gasteiger partial charge in [-0.15, -0.1) is 12.4 Å². The quantitative estimate of drug-likeness (QED) is 0.408. The Kier molecular flexibility index (Phi) is 9.55. The van der Waals surface area contributed by atoms with E-state index in [0.29, 0.717) is 5.92 Å². The van der Waals surface area contributed by atoms with Crippen molar-refractivity contribution in [2.45, 2.75) is 19.9 Å². The average Bonchev–Trinajstić information content (AvgIpc) is 2.23. The van der Waals surface area contributed by atoms with Crippen LogP contribution in [-0.2, 0) is 0 Å². The molecule has 0 aliphatic rings. The van der Waals surface area contributed by atoms with Gasteiger partial charge < -0.3 is 26.2 Å². The molecule has 100 valence electrons. The number of aliphatic hydroxyl groups excluding tert-OH is 1. The summed E-state index contributed by atoms with van der Waals surface area (Å²) in [6, 6.07) is 3.52. The smallest absolute Gasteiger partial charge is 0.161 e. The van der Waals surface area contributed by atoms with Gasteiger partial charge in [0, 0.05) is 12.1 Å². The molecule has 6 heteroatoms. The standard InChI is InChI=1S/C6H6O3.C5H13NO.ClH/c7-4-1-2-5(8)6(9)3-4;1-4(2)5(6)3-7;/h1-3,7-9H;4-5,7H,3,6H2,1-2H3;1H. The van der Waals surface area contributed by atoms with Crippen LogP contribution >= 0.6 is 12.4 Å². The van der Waals surface area contributed by atoms with Gasteiger partial charge in [-0.1, -0.05) is 13.8 Å². The molecule has 0 spiro atoms. The highest BCUT2D eigenvalue weighted by Gasteiger charge is 2.02.